The molecule has 0 aliphatic heterocycles. The molecule has 0 atom stereocenters. The van der Waals surface area contributed by atoms with Crippen molar-refractivity contribution in [2.24, 2.45) is 5.41 Å². The van der Waals surface area contributed by atoms with Crippen molar-refractivity contribution < 1.29 is 9.22 Å². The summed E-state index contributed by atoms with van der Waals surface area (Å²) < 4.78 is 5.72. The molecule has 0 bridgehead atoms. The Morgan fingerprint density at radius 1 is 1.17 bits per heavy atom. The van der Waals surface area contributed by atoms with Gasteiger partial charge in [0.2, 0.25) is 8.32 Å². The van der Waals surface area contributed by atoms with E-state index in [4.69, 9.17) is 4.43 Å². The van der Waals surface area contributed by atoms with Crippen molar-refractivity contribution in [2.45, 2.75) is 46.3 Å². The maximum Gasteiger partial charge on any atom is 0.297 e. The summed E-state index contributed by atoms with van der Waals surface area (Å²) in [5, 5.41) is 0. The van der Waals surface area contributed by atoms with Crippen LogP contribution in [0.3, 0.4) is 0 Å². The molecule has 0 spiro atoms. The Bertz CT molecular complexity index is 391. The first-order valence-electron chi connectivity index (χ1n) is 6.48. The van der Waals surface area contributed by atoms with Crippen LogP contribution in [-0.2, 0) is 15.6 Å². The summed E-state index contributed by atoms with van der Waals surface area (Å²) in [6, 6.07) is 11.3. The largest absolute Gasteiger partial charge is 0.519 e. The van der Waals surface area contributed by atoms with E-state index in [0.29, 0.717) is 0 Å². The van der Waals surface area contributed by atoms with Crippen molar-refractivity contribution in [3.8, 4) is 0 Å². The molecule has 1 rings (SSSR count). The van der Waals surface area contributed by atoms with E-state index in [9.17, 15) is 4.79 Å². The van der Waals surface area contributed by atoms with Crippen molar-refractivity contribution in [1.82, 2.24) is 0 Å². The van der Waals surface area contributed by atoms with E-state index in [1.165, 1.54) is 5.56 Å². The van der Waals surface area contributed by atoms with Gasteiger partial charge in [-0.2, -0.15) is 0 Å². The summed E-state index contributed by atoms with van der Waals surface area (Å²) in [7, 11) is -1.91. The fraction of sp³-hybridized carbons (Fsp3) is 0.533. The lowest BCUT2D eigenvalue weighted by molar-refractivity contribution is -0.143. The number of rotatable bonds is 4. The molecule has 0 saturated carbocycles. The molecule has 0 radical (unpaired) electrons. The van der Waals surface area contributed by atoms with E-state index in [-0.39, 0.29) is 5.97 Å². The Morgan fingerprint density at radius 3 is 2.22 bits per heavy atom. The second-order valence-corrected chi connectivity index (χ2v) is 10.6. The van der Waals surface area contributed by atoms with Crippen molar-refractivity contribution in [2.75, 3.05) is 0 Å². The van der Waals surface area contributed by atoms with Crippen molar-refractivity contribution in [1.29, 1.82) is 0 Å². The van der Waals surface area contributed by atoms with Crippen molar-refractivity contribution >= 4 is 14.3 Å². The normalized spacial score (nSPS) is 12.3. The van der Waals surface area contributed by atoms with E-state index >= 15 is 0 Å². The van der Waals surface area contributed by atoms with Gasteiger partial charge in [-0.15, -0.1) is 0 Å². The molecule has 0 aliphatic carbocycles. The Kier molecular flexibility index (Phi) is 4.74. The third-order valence-corrected chi connectivity index (χ3v) is 5.03. The summed E-state index contributed by atoms with van der Waals surface area (Å²) >= 11 is 0. The molecule has 3 heteroatoms. The fourth-order valence-electron chi connectivity index (χ4n) is 1.55. The molecule has 0 unspecified atom stereocenters. The molecule has 0 fully saturated rings. The van der Waals surface area contributed by atoms with Gasteiger partial charge in [-0.1, -0.05) is 30.3 Å². The van der Waals surface area contributed by atoms with Gasteiger partial charge in [0.15, 0.2) is 0 Å². The first-order valence-corrected chi connectivity index (χ1v) is 9.60. The second-order valence-electron chi connectivity index (χ2n) is 6.38. The molecule has 0 aliphatic rings. The van der Waals surface area contributed by atoms with Crippen molar-refractivity contribution in [3.63, 3.8) is 0 Å². The number of aryl methyl sites for hydroxylation is 1. The van der Waals surface area contributed by atoms with E-state index in [0.717, 1.165) is 12.5 Å². The van der Waals surface area contributed by atoms with Crippen LogP contribution < -0.4 is 0 Å². The number of carbonyl (C=O) groups is 1. The Morgan fingerprint density at radius 2 is 1.72 bits per heavy atom. The Labute approximate surface area is 111 Å². The number of benzene rings is 1. The highest BCUT2D eigenvalue weighted by atomic mass is 28.4. The zero-order valence-corrected chi connectivity index (χ0v) is 13.1. The third-order valence-electron chi connectivity index (χ3n) is 2.84. The minimum Gasteiger partial charge on any atom is -0.519 e. The smallest absolute Gasteiger partial charge is 0.297 e. The Hall–Kier alpha value is -1.09. The first kappa shape index (κ1) is 15.0. The zero-order chi connectivity index (χ0) is 13.8. The minimum atomic E-state index is -1.91. The number of hydrogen-bond acceptors (Lipinski definition) is 2. The van der Waals surface area contributed by atoms with Crippen LogP contribution in [0.1, 0.15) is 26.3 Å². The maximum atomic E-state index is 11.9. The van der Waals surface area contributed by atoms with Gasteiger partial charge in [-0.25, -0.2) is 0 Å². The molecule has 2 nitrogen and oxygen atoms in total. The average Bonchev–Trinajstić information content (AvgIpc) is 2.26. The summed E-state index contributed by atoms with van der Waals surface area (Å²) in [4.78, 5) is 11.9. The van der Waals surface area contributed by atoms with Crippen LogP contribution in [0, 0.1) is 5.41 Å². The first-order chi connectivity index (χ1) is 8.21. The van der Waals surface area contributed by atoms with Gasteiger partial charge < -0.3 is 4.43 Å². The topological polar surface area (TPSA) is 26.3 Å². The summed E-state index contributed by atoms with van der Waals surface area (Å²) in [6.45, 7) is 9.92. The average molecular weight is 264 g/mol. The lowest BCUT2D eigenvalue weighted by atomic mass is 9.98. The minimum absolute atomic E-state index is 0.0766. The number of hydrogen-bond donors (Lipinski definition) is 0. The highest BCUT2D eigenvalue weighted by Gasteiger charge is 2.32. The predicted octanol–water partition coefficient (Wildman–Crippen LogP) is 4.02. The van der Waals surface area contributed by atoms with Gasteiger partial charge in [0.25, 0.3) is 5.97 Å². The van der Waals surface area contributed by atoms with Gasteiger partial charge >= 0.3 is 0 Å². The van der Waals surface area contributed by atoms with Gasteiger partial charge in [0.1, 0.15) is 0 Å². The molecule has 1 aromatic rings. The second kappa shape index (κ2) is 5.70. The van der Waals surface area contributed by atoms with E-state index < -0.39 is 13.7 Å². The predicted molar refractivity (Wildman–Crippen MR) is 78.0 cm³/mol. The molecular weight excluding hydrogens is 240 g/mol. The van der Waals surface area contributed by atoms with E-state index in [1.54, 1.807) is 0 Å². The van der Waals surface area contributed by atoms with Crippen LogP contribution in [0.4, 0.5) is 0 Å². The maximum absolute atomic E-state index is 11.9. The highest BCUT2D eigenvalue weighted by Crippen LogP contribution is 2.22. The fourth-order valence-corrected chi connectivity index (χ4v) is 3.35. The lowest BCUT2D eigenvalue weighted by Crippen LogP contribution is -2.38. The van der Waals surface area contributed by atoms with Crippen LogP contribution in [0.2, 0.25) is 19.1 Å². The highest BCUT2D eigenvalue weighted by molar-refractivity contribution is 6.72. The quantitative estimate of drug-likeness (QED) is 0.768. The van der Waals surface area contributed by atoms with Gasteiger partial charge in [0.05, 0.1) is 5.41 Å². The third kappa shape index (κ3) is 5.04. The molecule has 0 heterocycles. The van der Waals surface area contributed by atoms with E-state index in [2.05, 4.69) is 25.2 Å². The zero-order valence-electron chi connectivity index (χ0n) is 12.1. The molecule has 0 saturated heterocycles. The summed E-state index contributed by atoms with van der Waals surface area (Å²) in [5.74, 6) is -0.0766. The summed E-state index contributed by atoms with van der Waals surface area (Å²) in [6.07, 6.45) is 0.984. The van der Waals surface area contributed by atoms with Crippen LogP contribution in [-0.4, -0.2) is 14.3 Å². The molecule has 0 aromatic heterocycles. The molecule has 18 heavy (non-hydrogen) atoms. The van der Waals surface area contributed by atoms with E-state index in [1.807, 2.05) is 39.0 Å². The van der Waals surface area contributed by atoms with Crippen LogP contribution >= 0.6 is 0 Å². The lowest BCUT2D eigenvalue weighted by Gasteiger charge is -2.27. The van der Waals surface area contributed by atoms with Crippen LogP contribution in [0.25, 0.3) is 0 Å². The summed E-state index contributed by atoms with van der Waals surface area (Å²) in [5.41, 5.74) is 0.904. The van der Waals surface area contributed by atoms with Crippen LogP contribution in [0.5, 0.6) is 0 Å². The SMILES string of the molecule is CC(C)(C)C(=O)O[Si](C)(C)CCc1ccccc1. The van der Waals surface area contributed by atoms with Crippen LogP contribution in [0.15, 0.2) is 30.3 Å². The molecule has 0 N–H and O–H groups in total. The molecule has 1 aromatic carbocycles. The van der Waals surface area contributed by atoms with Gasteiger partial charge in [-0.3, -0.25) is 4.79 Å². The van der Waals surface area contributed by atoms with Gasteiger partial charge in [-0.05, 0) is 51.9 Å². The standard InChI is InChI=1S/C15H24O2Si/c1-15(2,3)14(16)17-18(4,5)12-11-13-9-7-6-8-10-13/h6-10H,11-12H2,1-5H3. The molecular formula is C15H24O2Si. The van der Waals surface area contributed by atoms with Gasteiger partial charge in [0, 0.05) is 0 Å². The molecule has 0 amide bonds. The van der Waals surface area contributed by atoms with Crippen molar-refractivity contribution in [3.05, 3.63) is 35.9 Å². The Balaban J connectivity index is 2.53. The monoisotopic (exact) mass is 264 g/mol. The molecule has 100 valence electrons. The number of carbonyl (C=O) groups excluding carboxylic acids is 1.